The second kappa shape index (κ2) is 9.33. The Morgan fingerprint density at radius 2 is 1.80 bits per heavy atom. The van der Waals surface area contributed by atoms with Crippen LogP contribution in [0.3, 0.4) is 0 Å². The molecule has 0 bridgehead atoms. The van der Waals surface area contributed by atoms with Crippen molar-refractivity contribution in [1.82, 2.24) is 29.5 Å². The average molecular weight is 501 g/mol. The molecule has 1 aromatic carbocycles. The van der Waals surface area contributed by atoms with E-state index in [4.69, 9.17) is 8.92 Å². The molecule has 0 saturated carbocycles. The number of nitrogens with zero attached hydrogens (tertiary/aromatic N) is 5. The zero-order valence-electron chi connectivity index (χ0n) is 19.6. The van der Waals surface area contributed by atoms with Gasteiger partial charge in [-0.1, -0.05) is 13.3 Å². The number of rotatable bonds is 8. The average Bonchev–Trinajstić information content (AvgIpc) is 3.12. The molecule has 0 saturated heterocycles. The van der Waals surface area contributed by atoms with Crippen LogP contribution in [0.5, 0.6) is 11.6 Å². The lowest BCUT2D eigenvalue weighted by Gasteiger charge is -2.12. The van der Waals surface area contributed by atoms with Crippen molar-refractivity contribution in [3.63, 3.8) is 0 Å². The molecular weight excluding hydrogens is 476 g/mol. The normalized spacial score (nSPS) is 11.7. The van der Waals surface area contributed by atoms with Crippen LogP contribution >= 0.6 is 0 Å². The van der Waals surface area contributed by atoms with Gasteiger partial charge in [0.15, 0.2) is 5.52 Å². The van der Waals surface area contributed by atoms with Crippen LogP contribution < -0.4 is 20.0 Å². The van der Waals surface area contributed by atoms with Gasteiger partial charge in [-0.3, -0.25) is 14.3 Å². The Balaban J connectivity index is 1.85. The lowest BCUT2D eigenvalue weighted by Crippen LogP contribution is -2.20. The van der Waals surface area contributed by atoms with Crippen molar-refractivity contribution >= 4 is 21.2 Å². The van der Waals surface area contributed by atoms with Crippen LogP contribution in [0.4, 0.5) is 0 Å². The summed E-state index contributed by atoms with van der Waals surface area (Å²) >= 11 is 0. The standard InChI is InChI=1S/C22H24N6O6S/c1-5-7-15-19-20(28(4)25-15)22(30)24-21(23-19)14-12-13(8-9-16(14)33-6-2)35(31,32)34-17-10-11-18(29)27(3)26-17/h8-12H,5-7H2,1-4H3,(H,23,24,30). The van der Waals surface area contributed by atoms with Gasteiger partial charge in [0.05, 0.1) is 17.9 Å². The van der Waals surface area contributed by atoms with Crippen LogP contribution in [0, 0.1) is 0 Å². The van der Waals surface area contributed by atoms with Gasteiger partial charge < -0.3 is 13.9 Å². The summed E-state index contributed by atoms with van der Waals surface area (Å²) in [4.78, 5) is 31.5. The van der Waals surface area contributed by atoms with Crippen molar-refractivity contribution < 1.29 is 17.3 Å². The van der Waals surface area contributed by atoms with Gasteiger partial charge in [0.2, 0.25) is 0 Å². The maximum absolute atomic E-state index is 13.0. The van der Waals surface area contributed by atoms with Crippen LogP contribution in [-0.2, 0) is 30.6 Å². The van der Waals surface area contributed by atoms with E-state index in [0.29, 0.717) is 35.5 Å². The first-order chi connectivity index (χ1) is 16.6. The number of ether oxygens (including phenoxy) is 1. The first kappa shape index (κ1) is 24.1. The highest BCUT2D eigenvalue weighted by atomic mass is 32.2. The summed E-state index contributed by atoms with van der Waals surface area (Å²) in [5.74, 6) is 0.193. The molecule has 0 aliphatic heterocycles. The first-order valence-corrected chi connectivity index (χ1v) is 12.3. The molecule has 0 aliphatic rings. The summed E-state index contributed by atoms with van der Waals surface area (Å²) in [5, 5.41) is 8.20. The Kier molecular flexibility index (Phi) is 6.43. The number of benzene rings is 1. The van der Waals surface area contributed by atoms with Crippen LogP contribution in [-0.4, -0.2) is 44.6 Å². The third kappa shape index (κ3) is 4.67. The van der Waals surface area contributed by atoms with Crippen molar-refractivity contribution in [3.05, 3.63) is 56.7 Å². The number of hydrogen-bond donors (Lipinski definition) is 1. The number of aromatic amines is 1. The smallest absolute Gasteiger partial charge is 0.340 e. The third-order valence-electron chi connectivity index (χ3n) is 5.18. The van der Waals surface area contributed by atoms with E-state index in [0.717, 1.165) is 17.2 Å². The van der Waals surface area contributed by atoms with Crippen LogP contribution in [0.25, 0.3) is 22.4 Å². The SMILES string of the molecule is CCCc1nn(C)c2c(=O)[nH]c(-c3cc(S(=O)(=O)Oc4ccc(=O)n(C)n4)ccc3OCC)nc12. The highest BCUT2D eigenvalue weighted by Gasteiger charge is 2.23. The molecule has 0 aliphatic carbocycles. The largest absolute Gasteiger partial charge is 0.493 e. The minimum atomic E-state index is -4.34. The first-order valence-electron chi connectivity index (χ1n) is 10.9. The van der Waals surface area contributed by atoms with Crippen molar-refractivity contribution in [2.45, 2.75) is 31.6 Å². The second-order valence-corrected chi connectivity index (χ2v) is 9.24. The Morgan fingerprint density at radius 3 is 2.49 bits per heavy atom. The lowest BCUT2D eigenvalue weighted by molar-refractivity contribution is 0.341. The molecule has 3 heterocycles. The number of nitrogens with one attached hydrogen (secondary N) is 1. The molecule has 0 spiro atoms. The topological polar surface area (TPSA) is 151 Å². The number of aromatic nitrogens is 6. The van der Waals surface area contributed by atoms with Crippen molar-refractivity contribution in [2.24, 2.45) is 14.1 Å². The Morgan fingerprint density at radius 1 is 1.03 bits per heavy atom. The summed E-state index contributed by atoms with van der Waals surface area (Å²) in [6.07, 6.45) is 1.44. The number of aryl methyl sites for hydroxylation is 3. The predicted molar refractivity (Wildman–Crippen MR) is 127 cm³/mol. The molecule has 0 atom stereocenters. The van der Waals surface area contributed by atoms with Crippen LogP contribution in [0.1, 0.15) is 26.0 Å². The van der Waals surface area contributed by atoms with Gasteiger partial charge in [-0.2, -0.15) is 13.5 Å². The lowest BCUT2D eigenvalue weighted by atomic mass is 10.1. The maximum atomic E-state index is 13.0. The summed E-state index contributed by atoms with van der Waals surface area (Å²) < 4.78 is 39.2. The highest BCUT2D eigenvalue weighted by molar-refractivity contribution is 7.87. The van der Waals surface area contributed by atoms with E-state index in [-0.39, 0.29) is 22.2 Å². The third-order valence-corrected chi connectivity index (χ3v) is 6.40. The number of H-pyrrole nitrogens is 1. The number of fused-ring (bicyclic) bond motifs is 1. The quantitative estimate of drug-likeness (QED) is 0.355. The fourth-order valence-electron chi connectivity index (χ4n) is 3.60. The monoisotopic (exact) mass is 500 g/mol. The summed E-state index contributed by atoms with van der Waals surface area (Å²) in [7, 11) is -1.30. The van der Waals surface area contributed by atoms with Crippen molar-refractivity contribution in [3.8, 4) is 23.0 Å². The van der Waals surface area contributed by atoms with Crippen molar-refractivity contribution in [2.75, 3.05) is 6.61 Å². The van der Waals surface area contributed by atoms with E-state index < -0.39 is 21.2 Å². The van der Waals surface area contributed by atoms with Gasteiger partial charge in [-0.25, -0.2) is 9.67 Å². The van der Waals surface area contributed by atoms with E-state index in [1.54, 1.807) is 14.0 Å². The summed E-state index contributed by atoms with van der Waals surface area (Å²) in [5.41, 5.74) is 0.862. The van der Waals surface area contributed by atoms with Crippen LogP contribution in [0.2, 0.25) is 0 Å². The van der Waals surface area contributed by atoms with E-state index in [9.17, 15) is 18.0 Å². The van der Waals surface area contributed by atoms with Gasteiger partial charge in [-0.05, 0) is 31.5 Å². The summed E-state index contributed by atoms with van der Waals surface area (Å²) in [6.45, 7) is 4.08. The molecule has 3 aromatic heterocycles. The zero-order valence-corrected chi connectivity index (χ0v) is 20.4. The molecule has 12 nitrogen and oxygen atoms in total. The molecule has 35 heavy (non-hydrogen) atoms. The van der Waals surface area contributed by atoms with Gasteiger partial charge in [0.25, 0.3) is 17.0 Å². The van der Waals surface area contributed by atoms with E-state index in [2.05, 4.69) is 20.2 Å². The molecule has 13 heteroatoms. The maximum Gasteiger partial charge on any atom is 0.340 e. The summed E-state index contributed by atoms with van der Waals surface area (Å²) in [6, 6.07) is 6.40. The predicted octanol–water partition coefficient (Wildman–Crippen LogP) is 1.54. The Labute approximate surface area is 200 Å². The molecule has 0 amide bonds. The molecule has 0 fully saturated rings. The molecule has 0 unspecified atom stereocenters. The molecular formula is C22H24N6O6S. The molecule has 4 aromatic rings. The fourth-order valence-corrected chi connectivity index (χ4v) is 4.50. The fraction of sp³-hybridized carbons (Fsp3) is 0.318. The minimum Gasteiger partial charge on any atom is -0.493 e. The van der Waals surface area contributed by atoms with Gasteiger partial charge in [0, 0.05) is 26.2 Å². The van der Waals surface area contributed by atoms with Crippen molar-refractivity contribution in [1.29, 1.82) is 0 Å². The van der Waals surface area contributed by atoms with E-state index in [1.165, 1.54) is 36.0 Å². The minimum absolute atomic E-state index is 0.133. The highest BCUT2D eigenvalue weighted by Crippen LogP contribution is 2.32. The van der Waals surface area contributed by atoms with E-state index in [1.807, 2.05) is 6.92 Å². The molecule has 0 radical (unpaired) electrons. The zero-order chi connectivity index (χ0) is 25.3. The van der Waals surface area contributed by atoms with Gasteiger partial charge >= 0.3 is 10.1 Å². The van der Waals surface area contributed by atoms with E-state index >= 15 is 0 Å². The molecule has 4 rings (SSSR count). The van der Waals surface area contributed by atoms with Gasteiger partial charge in [0.1, 0.15) is 22.0 Å². The molecule has 1 N–H and O–H groups in total. The number of hydrogen-bond acceptors (Lipinski definition) is 9. The Bertz CT molecular complexity index is 1640. The molecule has 184 valence electrons. The second-order valence-electron chi connectivity index (χ2n) is 7.69. The van der Waals surface area contributed by atoms with Crippen LogP contribution in [0.15, 0.2) is 44.8 Å². The Hall–Kier alpha value is -4.00. The van der Waals surface area contributed by atoms with Gasteiger partial charge in [-0.15, -0.1) is 5.10 Å².